The molecule has 0 aliphatic carbocycles. The summed E-state index contributed by atoms with van der Waals surface area (Å²) in [6, 6.07) is 4.65. The minimum absolute atomic E-state index is 0.0271. The van der Waals surface area contributed by atoms with Gasteiger partial charge in [-0.2, -0.15) is 0 Å². The van der Waals surface area contributed by atoms with Crippen LogP contribution in [0.5, 0.6) is 0 Å². The smallest absolute Gasteiger partial charge is 0.224 e. The van der Waals surface area contributed by atoms with Crippen molar-refractivity contribution in [2.45, 2.75) is 18.9 Å². The number of ether oxygens (including phenoxy) is 1. The molecule has 2 heterocycles. The lowest BCUT2D eigenvalue weighted by molar-refractivity contribution is -0.121. The Bertz CT molecular complexity index is 603. The average molecular weight is 262 g/mol. The molecule has 4 nitrogen and oxygen atoms in total. The summed E-state index contributed by atoms with van der Waals surface area (Å²) < 4.78 is 18.3. The third-order valence-corrected chi connectivity index (χ3v) is 3.38. The summed E-state index contributed by atoms with van der Waals surface area (Å²) >= 11 is 0. The third-order valence-electron chi connectivity index (χ3n) is 3.38. The van der Waals surface area contributed by atoms with Crippen molar-refractivity contribution in [2.75, 3.05) is 13.2 Å². The molecule has 1 aromatic carbocycles. The standard InChI is InChI=1S/C14H15FN2O2/c15-10-1-2-12-9(7-16-13(12)6-10)5-14(18)17-11-3-4-19-8-11/h1-2,6-7,11,16H,3-5,8H2,(H,17,18)/t11-/m1/s1. The summed E-state index contributed by atoms with van der Waals surface area (Å²) in [5.41, 5.74) is 1.60. The molecule has 0 unspecified atom stereocenters. The highest BCUT2D eigenvalue weighted by atomic mass is 19.1. The highest BCUT2D eigenvalue weighted by Crippen LogP contribution is 2.19. The van der Waals surface area contributed by atoms with Gasteiger partial charge in [-0.05, 0) is 30.2 Å². The van der Waals surface area contributed by atoms with Gasteiger partial charge in [0.2, 0.25) is 5.91 Å². The quantitative estimate of drug-likeness (QED) is 0.885. The number of nitrogens with one attached hydrogen (secondary N) is 2. The first kappa shape index (κ1) is 12.2. The second-order valence-electron chi connectivity index (χ2n) is 4.81. The van der Waals surface area contributed by atoms with E-state index < -0.39 is 0 Å². The number of benzene rings is 1. The minimum atomic E-state index is -0.284. The van der Waals surface area contributed by atoms with Gasteiger partial charge < -0.3 is 15.0 Å². The van der Waals surface area contributed by atoms with Gasteiger partial charge >= 0.3 is 0 Å². The molecule has 1 aliphatic heterocycles. The number of H-pyrrole nitrogens is 1. The number of aromatic amines is 1. The van der Waals surface area contributed by atoms with Gasteiger partial charge in [0, 0.05) is 23.7 Å². The first-order valence-electron chi connectivity index (χ1n) is 6.35. The predicted octanol–water partition coefficient (Wildman–Crippen LogP) is 1.75. The summed E-state index contributed by atoms with van der Waals surface area (Å²) in [4.78, 5) is 14.9. The van der Waals surface area contributed by atoms with Crippen LogP contribution in [-0.4, -0.2) is 30.1 Å². The van der Waals surface area contributed by atoms with Gasteiger partial charge in [0.05, 0.1) is 19.1 Å². The van der Waals surface area contributed by atoms with Crippen molar-refractivity contribution in [2.24, 2.45) is 0 Å². The molecule has 3 rings (SSSR count). The van der Waals surface area contributed by atoms with Crippen LogP contribution in [0.25, 0.3) is 10.9 Å². The highest BCUT2D eigenvalue weighted by Gasteiger charge is 2.18. The van der Waals surface area contributed by atoms with Crippen LogP contribution < -0.4 is 5.32 Å². The van der Waals surface area contributed by atoms with E-state index in [0.29, 0.717) is 25.2 Å². The number of rotatable bonds is 3. The molecule has 100 valence electrons. The fraction of sp³-hybridized carbons (Fsp3) is 0.357. The SMILES string of the molecule is O=C(Cc1c[nH]c2cc(F)ccc12)N[C@@H]1CCOC1. The van der Waals surface area contributed by atoms with Crippen LogP contribution in [0, 0.1) is 5.82 Å². The lowest BCUT2D eigenvalue weighted by Gasteiger charge is -2.09. The van der Waals surface area contributed by atoms with Gasteiger partial charge in [0.1, 0.15) is 5.82 Å². The van der Waals surface area contributed by atoms with Crippen LogP contribution in [0.1, 0.15) is 12.0 Å². The van der Waals surface area contributed by atoms with Crippen molar-refractivity contribution >= 4 is 16.8 Å². The van der Waals surface area contributed by atoms with Crippen molar-refractivity contribution in [3.63, 3.8) is 0 Å². The van der Waals surface area contributed by atoms with E-state index in [4.69, 9.17) is 4.74 Å². The number of amides is 1. The van der Waals surface area contributed by atoms with Crippen LogP contribution in [0.2, 0.25) is 0 Å². The Morgan fingerprint density at radius 2 is 2.42 bits per heavy atom. The van der Waals surface area contributed by atoms with Crippen molar-refractivity contribution in [1.29, 1.82) is 0 Å². The molecule has 0 radical (unpaired) electrons. The Kier molecular flexibility index (Phi) is 3.21. The van der Waals surface area contributed by atoms with Crippen molar-refractivity contribution in [1.82, 2.24) is 10.3 Å². The molecule has 19 heavy (non-hydrogen) atoms. The van der Waals surface area contributed by atoms with E-state index >= 15 is 0 Å². The lowest BCUT2D eigenvalue weighted by Crippen LogP contribution is -2.35. The van der Waals surface area contributed by atoms with Gasteiger partial charge in [0.25, 0.3) is 0 Å². The Labute approximate surface area is 109 Å². The number of carbonyl (C=O) groups is 1. The average Bonchev–Trinajstić information content (AvgIpc) is 2.99. The predicted molar refractivity (Wildman–Crippen MR) is 69.3 cm³/mol. The molecule has 2 N–H and O–H groups in total. The molecule has 2 aromatic rings. The largest absolute Gasteiger partial charge is 0.379 e. The molecule has 0 spiro atoms. The van der Waals surface area contributed by atoms with Gasteiger partial charge in [-0.3, -0.25) is 4.79 Å². The molecule has 1 saturated heterocycles. The van der Waals surface area contributed by atoms with Crippen LogP contribution >= 0.6 is 0 Å². The van der Waals surface area contributed by atoms with E-state index in [2.05, 4.69) is 10.3 Å². The van der Waals surface area contributed by atoms with E-state index in [0.717, 1.165) is 17.4 Å². The second kappa shape index (κ2) is 5.01. The highest BCUT2D eigenvalue weighted by molar-refractivity contribution is 5.89. The van der Waals surface area contributed by atoms with E-state index in [-0.39, 0.29) is 17.8 Å². The zero-order valence-electron chi connectivity index (χ0n) is 10.4. The number of hydrogen-bond acceptors (Lipinski definition) is 2. The van der Waals surface area contributed by atoms with E-state index in [1.165, 1.54) is 12.1 Å². The van der Waals surface area contributed by atoms with Gasteiger partial charge in [0.15, 0.2) is 0 Å². The van der Waals surface area contributed by atoms with Crippen LogP contribution in [0.4, 0.5) is 4.39 Å². The van der Waals surface area contributed by atoms with Crippen LogP contribution in [0.15, 0.2) is 24.4 Å². The van der Waals surface area contributed by atoms with Crippen LogP contribution in [0.3, 0.4) is 0 Å². The number of fused-ring (bicyclic) bond motifs is 1. The van der Waals surface area contributed by atoms with E-state index in [1.807, 2.05) is 0 Å². The summed E-state index contributed by atoms with van der Waals surface area (Å²) in [6.07, 6.45) is 2.92. The molecule has 0 bridgehead atoms. The van der Waals surface area contributed by atoms with Crippen LogP contribution in [-0.2, 0) is 16.0 Å². The normalized spacial score (nSPS) is 18.9. The molecular weight excluding hydrogens is 247 g/mol. The minimum Gasteiger partial charge on any atom is -0.379 e. The summed E-state index contributed by atoms with van der Waals surface area (Å²) in [6.45, 7) is 1.29. The molecule has 0 saturated carbocycles. The molecule has 1 atom stereocenters. The van der Waals surface area contributed by atoms with E-state index in [9.17, 15) is 9.18 Å². The fourth-order valence-electron chi connectivity index (χ4n) is 2.40. The molecule has 1 aliphatic rings. The first-order chi connectivity index (χ1) is 9.22. The maximum absolute atomic E-state index is 13.1. The topological polar surface area (TPSA) is 54.1 Å². The van der Waals surface area contributed by atoms with Crippen molar-refractivity contribution in [3.05, 3.63) is 35.8 Å². The molecular formula is C14H15FN2O2. The molecule has 1 fully saturated rings. The lowest BCUT2D eigenvalue weighted by atomic mass is 10.1. The fourth-order valence-corrected chi connectivity index (χ4v) is 2.40. The zero-order valence-corrected chi connectivity index (χ0v) is 10.4. The van der Waals surface area contributed by atoms with Crippen molar-refractivity contribution in [3.8, 4) is 0 Å². The van der Waals surface area contributed by atoms with Gasteiger partial charge in [-0.25, -0.2) is 4.39 Å². The number of halogens is 1. The summed E-state index contributed by atoms with van der Waals surface area (Å²) in [7, 11) is 0. The first-order valence-corrected chi connectivity index (χ1v) is 6.35. The summed E-state index contributed by atoms with van der Waals surface area (Å²) in [5.74, 6) is -0.311. The Balaban J connectivity index is 1.72. The van der Waals surface area contributed by atoms with Crippen molar-refractivity contribution < 1.29 is 13.9 Å². The Hall–Kier alpha value is -1.88. The molecule has 1 amide bonds. The van der Waals surface area contributed by atoms with Gasteiger partial charge in [-0.1, -0.05) is 0 Å². The summed E-state index contributed by atoms with van der Waals surface area (Å²) in [5, 5.41) is 3.83. The maximum atomic E-state index is 13.1. The number of carbonyl (C=O) groups excluding carboxylic acids is 1. The van der Waals surface area contributed by atoms with E-state index in [1.54, 1.807) is 12.3 Å². The molecule has 1 aromatic heterocycles. The van der Waals surface area contributed by atoms with Gasteiger partial charge in [-0.15, -0.1) is 0 Å². The Morgan fingerprint density at radius 1 is 1.53 bits per heavy atom. The Morgan fingerprint density at radius 3 is 3.21 bits per heavy atom. The number of hydrogen-bond donors (Lipinski definition) is 2. The number of aromatic nitrogens is 1. The zero-order chi connectivity index (χ0) is 13.2. The maximum Gasteiger partial charge on any atom is 0.224 e. The second-order valence-corrected chi connectivity index (χ2v) is 4.81. The molecule has 5 heteroatoms. The monoisotopic (exact) mass is 262 g/mol. The third kappa shape index (κ3) is 2.61.